The minimum Gasteiger partial charge on any atom is -0.383 e. The number of nitrogens with zero attached hydrogens (tertiary/aromatic N) is 3. The SMILES string of the molecule is CC(O)(c1ncc(-c2cccc(Nc3nccc(C(F)(F)F)n3)c2)s1)C1CC1. The molecule has 2 heterocycles. The number of thiazole rings is 1. The highest BCUT2D eigenvalue weighted by atomic mass is 32.1. The molecule has 1 atom stereocenters. The fraction of sp³-hybridized carbons (Fsp3) is 0.316. The maximum atomic E-state index is 12.8. The summed E-state index contributed by atoms with van der Waals surface area (Å²) >= 11 is 1.41. The summed E-state index contributed by atoms with van der Waals surface area (Å²) in [5.74, 6) is 0.117. The van der Waals surface area contributed by atoms with Crippen LogP contribution in [0.15, 0.2) is 42.7 Å². The third kappa shape index (κ3) is 3.85. The van der Waals surface area contributed by atoms with Crippen LogP contribution in [0.4, 0.5) is 24.8 Å². The zero-order chi connectivity index (χ0) is 19.9. The number of alkyl halides is 3. The number of anilines is 2. The first-order valence-electron chi connectivity index (χ1n) is 8.70. The Balaban J connectivity index is 1.57. The van der Waals surface area contributed by atoms with Gasteiger partial charge in [-0.25, -0.2) is 15.0 Å². The first-order chi connectivity index (χ1) is 13.2. The lowest BCUT2D eigenvalue weighted by Gasteiger charge is -2.19. The van der Waals surface area contributed by atoms with E-state index in [0.717, 1.165) is 35.5 Å². The quantitative estimate of drug-likeness (QED) is 0.625. The fourth-order valence-electron chi connectivity index (χ4n) is 2.92. The van der Waals surface area contributed by atoms with Crippen molar-refractivity contribution in [3.05, 3.63) is 53.4 Å². The molecule has 1 aromatic carbocycles. The first-order valence-corrected chi connectivity index (χ1v) is 9.51. The zero-order valence-corrected chi connectivity index (χ0v) is 15.7. The number of rotatable bonds is 5. The number of hydrogen-bond donors (Lipinski definition) is 2. The van der Waals surface area contributed by atoms with Gasteiger partial charge in [0.1, 0.15) is 16.3 Å². The van der Waals surface area contributed by atoms with Crippen molar-refractivity contribution in [1.82, 2.24) is 15.0 Å². The molecule has 2 aromatic heterocycles. The molecule has 0 bridgehead atoms. The molecular formula is C19H17F3N4OS. The molecule has 3 aromatic rings. The van der Waals surface area contributed by atoms with Gasteiger partial charge in [0.2, 0.25) is 5.95 Å². The van der Waals surface area contributed by atoms with E-state index in [0.29, 0.717) is 10.7 Å². The molecule has 1 saturated carbocycles. The van der Waals surface area contributed by atoms with Crippen LogP contribution in [-0.2, 0) is 11.8 Å². The molecule has 1 fully saturated rings. The van der Waals surface area contributed by atoms with E-state index in [2.05, 4.69) is 20.3 Å². The Bertz CT molecular complexity index is 999. The zero-order valence-electron chi connectivity index (χ0n) is 14.9. The summed E-state index contributed by atoms with van der Waals surface area (Å²) in [6.45, 7) is 1.79. The number of aromatic nitrogens is 3. The lowest BCUT2D eigenvalue weighted by molar-refractivity contribution is -0.141. The highest BCUT2D eigenvalue weighted by Crippen LogP contribution is 2.47. The van der Waals surface area contributed by atoms with Gasteiger partial charge in [0.15, 0.2) is 0 Å². The molecule has 4 rings (SSSR count). The molecule has 146 valence electrons. The number of hydrogen-bond acceptors (Lipinski definition) is 6. The van der Waals surface area contributed by atoms with Crippen LogP contribution < -0.4 is 5.32 Å². The number of aliphatic hydroxyl groups is 1. The van der Waals surface area contributed by atoms with Crippen molar-refractivity contribution in [2.45, 2.75) is 31.5 Å². The molecule has 0 spiro atoms. The van der Waals surface area contributed by atoms with Crippen LogP contribution in [0.3, 0.4) is 0 Å². The van der Waals surface area contributed by atoms with Crippen molar-refractivity contribution >= 4 is 23.0 Å². The summed E-state index contributed by atoms with van der Waals surface area (Å²) in [5, 5.41) is 14.1. The van der Waals surface area contributed by atoms with Crippen molar-refractivity contribution in [2.75, 3.05) is 5.32 Å². The molecule has 1 aliphatic carbocycles. The Morgan fingerprint density at radius 3 is 2.68 bits per heavy atom. The Morgan fingerprint density at radius 1 is 1.18 bits per heavy atom. The van der Waals surface area contributed by atoms with Crippen LogP contribution >= 0.6 is 11.3 Å². The van der Waals surface area contributed by atoms with E-state index in [9.17, 15) is 18.3 Å². The number of nitrogens with one attached hydrogen (secondary N) is 1. The summed E-state index contributed by atoms with van der Waals surface area (Å²) in [5.41, 5.74) is -0.534. The van der Waals surface area contributed by atoms with Crippen LogP contribution in [0.25, 0.3) is 10.4 Å². The normalized spacial score (nSPS) is 16.6. The van der Waals surface area contributed by atoms with Crippen molar-refractivity contribution in [1.29, 1.82) is 0 Å². The summed E-state index contributed by atoms with van der Waals surface area (Å²) in [7, 11) is 0. The van der Waals surface area contributed by atoms with Gasteiger partial charge in [-0.05, 0) is 49.4 Å². The fourth-order valence-corrected chi connectivity index (χ4v) is 3.95. The van der Waals surface area contributed by atoms with E-state index < -0.39 is 17.5 Å². The molecule has 9 heteroatoms. The third-order valence-electron chi connectivity index (χ3n) is 4.66. The van der Waals surface area contributed by atoms with E-state index >= 15 is 0 Å². The smallest absolute Gasteiger partial charge is 0.383 e. The monoisotopic (exact) mass is 406 g/mol. The third-order valence-corrected chi connectivity index (χ3v) is 5.93. The largest absolute Gasteiger partial charge is 0.433 e. The van der Waals surface area contributed by atoms with Crippen LogP contribution in [0.5, 0.6) is 0 Å². The van der Waals surface area contributed by atoms with Gasteiger partial charge in [0, 0.05) is 18.1 Å². The van der Waals surface area contributed by atoms with Gasteiger partial charge in [0.25, 0.3) is 0 Å². The van der Waals surface area contributed by atoms with Crippen LogP contribution in [-0.4, -0.2) is 20.1 Å². The highest BCUT2D eigenvalue weighted by molar-refractivity contribution is 7.15. The predicted octanol–water partition coefficient (Wildman–Crippen LogP) is 4.98. The second-order valence-corrected chi connectivity index (χ2v) is 7.95. The predicted molar refractivity (Wildman–Crippen MR) is 100 cm³/mol. The average Bonchev–Trinajstić information content (AvgIpc) is 3.39. The average molecular weight is 406 g/mol. The van der Waals surface area contributed by atoms with Gasteiger partial charge >= 0.3 is 6.18 Å². The topological polar surface area (TPSA) is 70.9 Å². The van der Waals surface area contributed by atoms with Crippen LogP contribution in [0.2, 0.25) is 0 Å². The molecule has 1 aliphatic rings. The van der Waals surface area contributed by atoms with Gasteiger partial charge in [-0.3, -0.25) is 0 Å². The van der Waals surface area contributed by atoms with E-state index in [1.807, 2.05) is 6.07 Å². The molecule has 28 heavy (non-hydrogen) atoms. The Kier molecular flexibility index (Phi) is 4.59. The minimum absolute atomic E-state index is 0.131. The number of benzene rings is 1. The minimum atomic E-state index is -4.53. The second-order valence-electron chi connectivity index (χ2n) is 6.92. The van der Waals surface area contributed by atoms with Crippen molar-refractivity contribution in [3.8, 4) is 10.4 Å². The molecule has 0 radical (unpaired) electrons. The molecule has 1 unspecified atom stereocenters. The van der Waals surface area contributed by atoms with E-state index in [1.54, 1.807) is 31.3 Å². The van der Waals surface area contributed by atoms with Gasteiger partial charge < -0.3 is 10.4 Å². The lowest BCUT2D eigenvalue weighted by atomic mass is 10.0. The second kappa shape index (κ2) is 6.82. The molecule has 2 N–H and O–H groups in total. The molecular weight excluding hydrogens is 389 g/mol. The van der Waals surface area contributed by atoms with Gasteiger partial charge in [0.05, 0.1) is 4.88 Å². The summed E-state index contributed by atoms with van der Waals surface area (Å²) in [6.07, 6.45) is 0.240. The van der Waals surface area contributed by atoms with E-state index in [1.165, 1.54) is 11.3 Å². The summed E-state index contributed by atoms with van der Waals surface area (Å²) in [4.78, 5) is 12.6. The Labute approximate surface area is 163 Å². The Hall–Kier alpha value is -2.52. The van der Waals surface area contributed by atoms with Gasteiger partial charge in [-0.2, -0.15) is 13.2 Å². The molecule has 0 aliphatic heterocycles. The van der Waals surface area contributed by atoms with Gasteiger partial charge in [-0.15, -0.1) is 11.3 Å². The van der Waals surface area contributed by atoms with Crippen molar-refractivity contribution < 1.29 is 18.3 Å². The summed E-state index contributed by atoms with van der Waals surface area (Å²) < 4.78 is 38.4. The van der Waals surface area contributed by atoms with Crippen molar-refractivity contribution in [3.63, 3.8) is 0 Å². The molecule has 5 nitrogen and oxygen atoms in total. The molecule has 0 saturated heterocycles. The van der Waals surface area contributed by atoms with Crippen LogP contribution in [0.1, 0.15) is 30.5 Å². The first kappa shape index (κ1) is 18.8. The highest BCUT2D eigenvalue weighted by Gasteiger charge is 2.43. The maximum absolute atomic E-state index is 12.8. The lowest BCUT2D eigenvalue weighted by Crippen LogP contribution is -2.23. The summed E-state index contributed by atoms with van der Waals surface area (Å²) in [6, 6.07) is 7.99. The number of halogens is 3. The molecule has 0 amide bonds. The maximum Gasteiger partial charge on any atom is 0.433 e. The Morgan fingerprint density at radius 2 is 1.96 bits per heavy atom. The van der Waals surface area contributed by atoms with Crippen LogP contribution in [0, 0.1) is 5.92 Å². The van der Waals surface area contributed by atoms with Gasteiger partial charge in [-0.1, -0.05) is 12.1 Å². The van der Waals surface area contributed by atoms with E-state index in [-0.39, 0.29) is 11.9 Å². The van der Waals surface area contributed by atoms with Crippen molar-refractivity contribution in [2.24, 2.45) is 5.92 Å². The van der Waals surface area contributed by atoms with E-state index in [4.69, 9.17) is 0 Å². The standard InChI is InChI=1S/C19H17F3N4OS/c1-18(27,12-5-6-12)16-24-10-14(28-16)11-3-2-4-13(9-11)25-17-23-8-7-15(26-17)19(20,21)22/h2-4,7-10,12,27H,5-6H2,1H3,(H,23,25,26).